The zero-order valence-electron chi connectivity index (χ0n) is 8.65. The first-order valence-electron chi connectivity index (χ1n) is 4.55. The van der Waals surface area contributed by atoms with Gasteiger partial charge in [-0.1, -0.05) is 0 Å². The van der Waals surface area contributed by atoms with Crippen molar-refractivity contribution < 1.29 is 9.53 Å². The lowest BCUT2D eigenvalue weighted by atomic mass is 10.2. The van der Waals surface area contributed by atoms with Crippen molar-refractivity contribution in [3.63, 3.8) is 0 Å². The Morgan fingerprint density at radius 1 is 1.79 bits per heavy atom. The minimum absolute atomic E-state index is 0.0808. The highest BCUT2D eigenvalue weighted by Crippen LogP contribution is 2.09. The average Bonchev–Trinajstić information content (AvgIpc) is 2.52. The number of carbonyl (C=O) groups excluding carboxylic acids is 1. The van der Waals surface area contributed by atoms with Crippen molar-refractivity contribution in [1.29, 1.82) is 0 Å². The van der Waals surface area contributed by atoms with E-state index in [2.05, 4.69) is 10.4 Å². The molecule has 1 rings (SSSR count). The molecular weight excluding hydrogens is 182 g/mol. The molecule has 1 aromatic heterocycles. The van der Waals surface area contributed by atoms with Gasteiger partial charge in [-0.25, -0.2) is 4.79 Å². The second-order valence-electron chi connectivity index (χ2n) is 3.03. The monoisotopic (exact) mass is 197 g/mol. The van der Waals surface area contributed by atoms with Gasteiger partial charge in [0, 0.05) is 18.8 Å². The van der Waals surface area contributed by atoms with Crippen molar-refractivity contribution >= 4 is 6.09 Å². The summed E-state index contributed by atoms with van der Waals surface area (Å²) in [6.07, 6.45) is 3.18. The molecule has 14 heavy (non-hydrogen) atoms. The third-order valence-corrected chi connectivity index (χ3v) is 1.83. The highest BCUT2D eigenvalue weighted by atomic mass is 16.5. The van der Waals surface area contributed by atoms with Crippen LogP contribution in [0.3, 0.4) is 0 Å². The number of nitrogens with zero attached hydrogens (tertiary/aromatic N) is 2. The first kappa shape index (κ1) is 10.6. The number of hydrogen-bond acceptors (Lipinski definition) is 3. The van der Waals surface area contributed by atoms with Gasteiger partial charge in [0.2, 0.25) is 0 Å². The summed E-state index contributed by atoms with van der Waals surface area (Å²) in [6, 6.07) is -0.0808. The molecule has 1 heterocycles. The van der Waals surface area contributed by atoms with Gasteiger partial charge in [0.1, 0.15) is 0 Å². The lowest BCUT2D eigenvalue weighted by Gasteiger charge is -2.11. The summed E-state index contributed by atoms with van der Waals surface area (Å²) in [7, 11) is 1.83. The Kier molecular flexibility index (Phi) is 3.50. The van der Waals surface area contributed by atoms with Gasteiger partial charge >= 0.3 is 6.09 Å². The lowest BCUT2D eigenvalue weighted by molar-refractivity contribution is 0.149. The van der Waals surface area contributed by atoms with E-state index in [1.54, 1.807) is 17.8 Å². The van der Waals surface area contributed by atoms with Gasteiger partial charge < -0.3 is 10.1 Å². The predicted molar refractivity (Wildman–Crippen MR) is 51.8 cm³/mol. The lowest BCUT2D eigenvalue weighted by Crippen LogP contribution is -2.27. The fourth-order valence-corrected chi connectivity index (χ4v) is 1.10. The fourth-order valence-electron chi connectivity index (χ4n) is 1.10. The molecule has 0 fully saturated rings. The highest BCUT2D eigenvalue weighted by Gasteiger charge is 2.10. The van der Waals surface area contributed by atoms with Crippen molar-refractivity contribution in [1.82, 2.24) is 15.1 Å². The Balaban J connectivity index is 2.50. The van der Waals surface area contributed by atoms with Crippen molar-refractivity contribution in [3.8, 4) is 0 Å². The largest absolute Gasteiger partial charge is 0.450 e. The fraction of sp³-hybridized carbons (Fsp3) is 0.556. The molecule has 5 heteroatoms. The van der Waals surface area contributed by atoms with E-state index in [1.807, 2.05) is 20.2 Å². The molecule has 1 atom stereocenters. The summed E-state index contributed by atoms with van der Waals surface area (Å²) in [5.74, 6) is 0. The van der Waals surface area contributed by atoms with Crippen LogP contribution >= 0.6 is 0 Å². The number of nitrogens with one attached hydrogen (secondary N) is 1. The van der Waals surface area contributed by atoms with Crippen LogP contribution in [0.15, 0.2) is 12.4 Å². The van der Waals surface area contributed by atoms with E-state index in [9.17, 15) is 4.79 Å². The van der Waals surface area contributed by atoms with Crippen LogP contribution in [-0.2, 0) is 11.8 Å². The first-order valence-corrected chi connectivity index (χ1v) is 4.55. The quantitative estimate of drug-likeness (QED) is 0.792. The Morgan fingerprint density at radius 3 is 3.00 bits per heavy atom. The smallest absolute Gasteiger partial charge is 0.407 e. The minimum atomic E-state index is -0.399. The molecule has 0 aliphatic carbocycles. The number of aromatic nitrogens is 2. The normalized spacial score (nSPS) is 12.2. The van der Waals surface area contributed by atoms with E-state index >= 15 is 0 Å². The maximum Gasteiger partial charge on any atom is 0.407 e. The Labute approximate surface area is 83.1 Å². The number of amides is 1. The zero-order valence-corrected chi connectivity index (χ0v) is 8.65. The van der Waals surface area contributed by atoms with Crippen LogP contribution in [0.5, 0.6) is 0 Å². The van der Waals surface area contributed by atoms with Gasteiger partial charge in [0.15, 0.2) is 0 Å². The molecule has 0 saturated heterocycles. The van der Waals surface area contributed by atoms with Crippen molar-refractivity contribution in [2.24, 2.45) is 7.05 Å². The molecule has 0 aliphatic heterocycles. The Bertz CT molecular complexity index is 309. The molecule has 1 amide bonds. The molecule has 0 aliphatic rings. The van der Waals surface area contributed by atoms with Crippen LogP contribution in [0, 0.1) is 0 Å². The second-order valence-corrected chi connectivity index (χ2v) is 3.03. The molecule has 1 N–H and O–H groups in total. The summed E-state index contributed by atoms with van der Waals surface area (Å²) in [5.41, 5.74) is 0.959. The molecule has 0 aromatic carbocycles. The molecule has 1 unspecified atom stereocenters. The van der Waals surface area contributed by atoms with Gasteiger partial charge in [0.25, 0.3) is 0 Å². The first-order chi connectivity index (χ1) is 6.63. The molecule has 0 saturated carbocycles. The molecule has 0 radical (unpaired) electrons. The number of ether oxygens (including phenoxy) is 1. The zero-order chi connectivity index (χ0) is 10.6. The van der Waals surface area contributed by atoms with Gasteiger partial charge in [-0.3, -0.25) is 4.68 Å². The van der Waals surface area contributed by atoms with Crippen LogP contribution in [0.1, 0.15) is 25.5 Å². The van der Waals surface area contributed by atoms with E-state index in [0.29, 0.717) is 6.61 Å². The van der Waals surface area contributed by atoms with Gasteiger partial charge in [0.05, 0.1) is 18.8 Å². The number of rotatable bonds is 3. The topological polar surface area (TPSA) is 56.1 Å². The van der Waals surface area contributed by atoms with Crippen LogP contribution in [0.4, 0.5) is 4.79 Å². The van der Waals surface area contributed by atoms with E-state index in [1.165, 1.54) is 0 Å². The maximum absolute atomic E-state index is 11.1. The molecule has 1 aromatic rings. The standard InChI is InChI=1S/C9H15N3O2/c1-4-14-9(13)11-7(2)8-5-10-12(3)6-8/h5-7H,4H2,1-3H3,(H,11,13). The van der Waals surface area contributed by atoms with E-state index in [0.717, 1.165) is 5.56 Å². The van der Waals surface area contributed by atoms with E-state index < -0.39 is 6.09 Å². The highest BCUT2D eigenvalue weighted by molar-refractivity contribution is 5.67. The van der Waals surface area contributed by atoms with E-state index in [-0.39, 0.29) is 6.04 Å². The maximum atomic E-state index is 11.1. The Morgan fingerprint density at radius 2 is 2.50 bits per heavy atom. The number of hydrogen-bond donors (Lipinski definition) is 1. The predicted octanol–water partition coefficient (Wildman–Crippen LogP) is 1.23. The van der Waals surface area contributed by atoms with Crippen molar-refractivity contribution in [2.75, 3.05) is 6.61 Å². The molecule has 5 nitrogen and oxygen atoms in total. The van der Waals surface area contributed by atoms with E-state index in [4.69, 9.17) is 4.74 Å². The molecule has 0 spiro atoms. The Hall–Kier alpha value is -1.52. The molecule has 0 bridgehead atoms. The van der Waals surface area contributed by atoms with Gasteiger partial charge in [-0.2, -0.15) is 5.10 Å². The number of alkyl carbamates (subject to hydrolysis) is 1. The van der Waals surface area contributed by atoms with Crippen LogP contribution in [0.2, 0.25) is 0 Å². The third-order valence-electron chi connectivity index (χ3n) is 1.83. The van der Waals surface area contributed by atoms with Gasteiger partial charge in [-0.05, 0) is 13.8 Å². The third kappa shape index (κ3) is 2.76. The van der Waals surface area contributed by atoms with Crippen LogP contribution in [0.25, 0.3) is 0 Å². The summed E-state index contributed by atoms with van der Waals surface area (Å²) in [5, 5.41) is 6.71. The second kappa shape index (κ2) is 4.64. The van der Waals surface area contributed by atoms with Crippen LogP contribution < -0.4 is 5.32 Å². The SMILES string of the molecule is CCOC(=O)NC(C)c1cnn(C)c1. The minimum Gasteiger partial charge on any atom is -0.450 e. The van der Waals surface area contributed by atoms with Crippen molar-refractivity contribution in [2.45, 2.75) is 19.9 Å². The number of carbonyl (C=O) groups is 1. The average molecular weight is 197 g/mol. The van der Waals surface area contributed by atoms with Crippen molar-refractivity contribution in [3.05, 3.63) is 18.0 Å². The van der Waals surface area contributed by atoms with Crippen LogP contribution in [-0.4, -0.2) is 22.5 Å². The number of aryl methyl sites for hydroxylation is 1. The molecular formula is C9H15N3O2. The van der Waals surface area contributed by atoms with Gasteiger partial charge in [-0.15, -0.1) is 0 Å². The molecule has 78 valence electrons. The summed E-state index contributed by atoms with van der Waals surface area (Å²) >= 11 is 0. The summed E-state index contributed by atoms with van der Waals surface area (Å²) < 4.78 is 6.46. The summed E-state index contributed by atoms with van der Waals surface area (Å²) in [6.45, 7) is 4.04. The summed E-state index contributed by atoms with van der Waals surface area (Å²) in [4.78, 5) is 11.1.